The lowest BCUT2D eigenvalue weighted by Gasteiger charge is -2.28. The fourth-order valence-electron chi connectivity index (χ4n) is 5.07. The molecule has 2 aromatic heterocycles. The minimum absolute atomic E-state index is 0.0330. The lowest BCUT2D eigenvalue weighted by molar-refractivity contribution is -0.137. The van der Waals surface area contributed by atoms with Crippen molar-refractivity contribution >= 4 is 29.4 Å². The van der Waals surface area contributed by atoms with Crippen LogP contribution in [0.15, 0.2) is 42.6 Å². The third-order valence-corrected chi connectivity index (χ3v) is 7.24. The van der Waals surface area contributed by atoms with Crippen LogP contribution in [0.5, 0.6) is 0 Å². The number of fused-ring (bicyclic) bond motifs is 1. The topological polar surface area (TPSA) is 130 Å². The molecule has 1 saturated heterocycles. The van der Waals surface area contributed by atoms with Crippen LogP contribution in [0.2, 0.25) is 0 Å². The van der Waals surface area contributed by atoms with Crippen LogP contribution in [0.1, 0.15) is 41.1 Å². The molecule has 4 heterocycles. The van der Waals surface area contributed by atoms with Crippen molar-refractivity contribution in [1.82, 2.24) is 15.0 Å². The minimum Gasteiger partial charge on any atom is -0.465 e. The number of nitrogens with two attached hydrogens (primary N) is 1. The molecule has 13 heteroatoms. The Bertz CT molecular complexity index is 1360. The standard InChI is InChI=1S/C27H29F3N6O.CH3NO2/c28-27(29,30)22-2-1-11-31-25(22)35-12-9-21-23(10-13-35)33-26(36-14-16-37-17-15-36)34-24(21)32-20-7-5-19(6-8-20)18-3-4-18;2-1(3)4/h1-2,5-8,11,18H,3-4,9-10,12-17H2,(H,32,33,34);2H2,(H,3,4). The van der Waals surface area contributed by atoms with Gasteiger partial charge in [-0.25, -0.2) is 14.8 Å². The summed E-state index contributed by atoms with van der Waals surface area (Å²) in [6.45, 7) is 3.40. The number of benzene rings is 1. The van der Waals surface area contributed by atoms with Crippen molar-refractivity contribution in [2.24, 2.45) is 5.73 Å². The molecular formula is C28H32F3N7O3. The third kappa shape index (κ3) is 7.15. The maximum absolute atomic E-state index is 13.7. The predicted octanol–water partition coefficient (Wildman–Crippen LogP) is 4.58. The van der Waals surface area contributed by atoms with Gasteiger partial charge < -0.3 is 30.7 Å². The molecule has 1 saturated carbocycles. The predicted molar refractivity (Wildman–Crippen MR) is 148 cm³/mol. The van der Waals surface area contributed by atoms with Crippen molar-refractivity contribution in [2.45, 2.75) is 37.8 Å². The third-order valence-electron chi connectivity index (χ3n) is 7.24. The van der Waals surface area contributed by atoms with E-state index >= 15 is 0 Å². The van der Waals surface area contributed by atoms with Crippen LogP contribution in [-0.4, -0.2) is 65.5 Å². The van der Waals surface area contributed by atoms with Gasteiger partial charge in [-0.3, -0.25) is 0 Å². The Morgan fingerprint density at radius 3 is 2.34 bits per heavy atom. The first kappa shape index (κ1) is 28.4. The smallest absolute Gasteiger partial charge is 0.419 e. The van der Waals surface area contributed by atoms with Crippen molar-refractivity contribution < 1.29 is 27.8 Å². The number of morpholine rings is 1. The summed E-state index contributed by atoms with van der Waals surface area (Å²) in [7, 11) is 0. The number of anilines is 4. The number of rotatable bonds is 5. The first-order valence-corrected chi connectivity index (χ1v) is 13.5. The molecule has 0 radical (unpaired) electrons. The van der Waals surface area contributed by atoms with Crippen molar-refractivity contribution in [2.75, 3.05) is 54.5 Å². The SMILES string of the molecule is FC(F)(F)c1cccnc1N1CCc2nc(N3CCOCC3)nc(Nc3ccc(C4CC4)cc3)c2CC1.NC(=O)O. The molecule has 4 N–H and O–H groups in total. The highest BCUT2D eigenvalue weighted by Crippen LogP contribution is 2.40. The van der Waals surface area contributed by atoms with Gasteiger partial charge in [0.25, 0.3) is 0 Å². The largest absolute Gasteiger partial charge is 0.465 e. The number of primary amides is 1. The van der Waals surface area contributed by atoms with Gasteiger partial charge in [-0.2, -0.15) is 18.2 Å². The monoisotopic (exact) mass is 571 g/mol. The highest BCUT2D eigenvalue weighted by molar-refractivity contribution is 5.63. The van der Waals surface area contributed by atoms with E-state index in [1.54, 1.807) is 4.90 Å². The number of nitrogens with zero attached hydrogens (tertiary/aromatic N) is 5. The van der Waals surface area contributed by atoms with Crippen LogP contribution in [0.3, 0.4) is 0 Å². The molecule has 41 heavy (non-hydrogen) atoms. The molecule has 2 fully saturated rings. The highest BCUT2D eigenvalue weighted by atomic mass is 19.4. The van der Waals surface area contributed by atoms with Gasteiger partial charge in [0.05, 0.1) is 24.5 Å². The first-order valence-electron chi connectivity index (χ1n) is 13.5. The van der Waals surface area contributed by atoms with E-state index in [2.05, 4.69) is 45.2 Å². The average molecular weight is 572 g/mol. The van der Waals surface area contributed by atoms with E-state index in [1.807, 2.05) is 0 Å². The summed E-state index contributed by atoms with van der Waals surface area (Å²) in [5, 5.41) is 10.7. The van der Waals surface area contributed by atoms with Gasteiger partial charge in [0, 0.05) is 50.0 Å². The number of aromatic nitrogens is 3. The van der Waals surface area contributed by atoms with E-state index in [4.69, 9.17) is 24.6 Å². The summed E-state index contributed by atoms with van der Waals surface area (Å²) in [4.78, 5) is 26.5. The highest BCUT2D eigenvalue weighted by Gasteiger charge is 2.36. The van der Waals surface area contributed by atoms with E-state index in [0.717, 1.165) is 23.0 Å². The normalized spacial score (nSPS) is 17.1. The zero-order chi connectivity index (χ0) is 29.0. The molecule has 0 atom stereocenters. The maximum atomic E-state index is 13.7. The van der Waals surface area contributed by atoms with Crippen molar-refractivity contribution in [3.63, 3.8) is 0 Å². The molecule has 0 unspecified atom stereocenters. The van der Waals surface area contributed by atoms with Crippen LogP contribution >= 0.6 is 0 Å². The van der Waals surface area contributed by atoms with E-state index < -0.39 is 17.8 Å². The summed E-state index contributed by atoms with van der Waals surface area (Å²) in [6, 6.07) is 10.9. The Morgan fingerprint density at radius 1 is 1.00 bits per heavy atom. The second kappa shape index (κ2) is 12.2. The second-order valence-electron chi connectivity index (χ2n) is 10.1. The van der Waals surface area contributed by atoms with Gasteiger partial charge >= 0.3 is 12.3 Å². The van der Waals surface area contributed by atoms with Crippen LogP contribution in [0.25, 0.3) is 0 Å². The fraction of sp³-hybridized carbons (Fsp3) is 0.429. The molecule has 3 aromatic rings. The molecule has 1 aliphatic carbocycles. The summed E-state index contributed by atoms with van der Waals surface area (Å²) >= 11 is 0. The molecule has 3 aliphatic rings. The summed E-state index contributed by atoms with van der Waals surface area (Å²) in [5.41, 5.74) is 7.40. The summed E-state index contributed by atoms with van der Waals surface area (Å²) in [6.07, 6.45) is -0.883. The van der Waals surface area contributed by atoms with Crippen molar-refractivity contribution in [3.05, 3.63) is 65.0 Å². The average Bonchev–Trinajstić information content (AvgIpc) is 3.81. The van der Waals surface area contributed by atoms with Gasteiger partial charge in [0.15, 0.2) is 0 Å². The van der Waals surface area contributed by atoms with E-state index in [-0.39, 0.29) is 5.82 Å². The molecule has 0 bridgehead atoms. The van der Waals surface area contributed by atoms with Gasteiger partial charge in [-0.15, -0.1) is 0 Å². The number of amides is 1. The molecule has 2 aliphatic heterocycles. The maximum Gasteiger partial charge on any atom is 0.419 e. The fourth-order valence-corrected chi connectivity index (χ4v) is 5.07. The molecule has 10 nitrogen and oxygen atoms in total. The number of alkyl halides is 3. The number of pyridine rings is 1. The summed E-state index contributed by atoms with van der Waals surface area (Å²) in [5.74, 6) is 1.98. The Balaban J connectivity index is 0.000000794. The van der Waals surface area contributed by atoms with Gasteiger partial charge in [0.1, 0.15) is 11.6 Å². The minimum atomic E-state index is -4.47. The lowest BCUT2D eigenvalue weighted by Crippen LogP contribution is -2.37. The molecule has 218 valence electrons. The van der Waals surface area contributed by atoms with Gasteiger partial charge in [0.2, 0.25) is 5.95 Å². The number of halogens is 3. The Morgan fingerprint density at radius 2 is 1.68 bits per heavy atom. The quantitative estimate of drug-likeness (QED) is 0.403. The van der Waals surface area contributed by atoms with Gasteiger partial charge in [-0.1, -0.05) is 12.1 Å². The van der Waals surface area contributed by atoms with E-state index in [0.29, 0.717) is 69.9 Å². The Kier molecular flexibility index (Phi) is 8.43. The van der Waals surface area contributed by atoms with Crippen molar-refractivity contribution in [1.29, 1.82) is 0 Å². The molecular weight excluding hydrogens is 539 g/mol. The van der Waals surface area contributed by atoms with E-state index in [1.165, 1.54) is 30.7 Å². The van der Waals surface area contributed by atoms with Gasteiger partial charge in [-0.05, 0) is 55.0 Å². The molecule has 1 amide bonds. The number of nitrogens with one attached hydrogen (secondary N) is 1. The summed E-state index contributed by atoms with van der Waals surface area (Å²) < 4.78 is 46.6. The zero-order valence-electron chi connectivity index (χ0n) is 22.4. The zero-order valence-corrected chi connectivity index (χ0v) is 22.4. The van der Waals surface area contributed by atoms with E-state index in [9.17, 15) is 13.2 Å². The van der Waals surface area contributed by atoms with Crippen LogP contribution in [-0.2, 0) is 23.8 Å². The molecule has 0 spiro atoms. The van der Waals surface area contributed by atoms with Crippen LogP contribution in [0, 0.1) is 0 Å². The second-order valence-corrected chi connectivity index (χ2v) is 10.1. The Labute approximate surface area is 235 Å². The number of ether oxygens (including phenoxy) is 1. The Hall–Kier alpha value is -4.13. The lowest BCUT2D eigenvalue weighted by atomic mass is 10.1. The molecule has 1 aromatic carbocycles. The number of hydrogen-bond donors (Lipinski definition) is 3. The van der Waals surface area contributed by atoms with Crippen LogP contribution < -0.4 is 20.9 Å². The number of carboxylic acid groups (broad SMARTS) is 1. The molecule has 6 rings (SSSR count). The van der Waals surface area contributed by atoms with Crippen LogP contribution in [0.4, 0.5) is 41.2 Å². The number of carbonyl (C=O) groups is 1. The number of hydrogen-bond acceptors (Lipinski definition) is 8. The first-order chi connectivity index (χ1) is 19.7. The van der Waals surface area contributed by atoms with Crippen molar-refractivity contribution in [3.8, 4) is 0 Å².